The van der Waals surface area contributed by atoms with Crippen LogP contribution < -0.4 is 0 Å². The molecule has 3 aliphatic heterocycles. The second kappa shape index (κ2) is 3.31. The quantitative estimate of drug-likeness (QED) is 0.646. The normalized spacial score (nSPS) is 42.1. The standard InChI is InChI=1S/C11H20N2O/c1-11-4-6-13(7-5-11)9(10(11)14)8-12(2)3/h9H,4-8H2,1-3H3. The SMILES string of the molecule is CN(C)CC1C(=O)C2(C)CCN1CC2. The van der Waals surface area contributed by atoms with Crippen LogP contribution in [0.5, 0.6) is 0 Å². The highest BCUT2D eigenvalue weighted by Crippen LogP contribution is 2.39. The Morgan fingerprint density at radius 3 is 2.50 bits per heavy atom. The van der Waals surface area contributed by atoms with Gasteiger partial charge in [-0.1, -0.05) is 6.92 Å². The highest BCUT2D eigenvalue weighted by molar-refractivity contribution is 5.91. The van der Waals surface area contributed by atoms with Gasteiger partial charge in [-0.2, -0.15) is 0 Å². The van der Waals surface area contributed by atoms with Crippen molar-refractivity contribution >= 4 is 5.78 Å². The van der Waals surface area contributed by atoms with E-state index in [-0.39, 0.29) is 11.5 Å². The van der Waals surface area contributed by atoms with E-state index < -0.39 is 0 Å². The van der Waals surface area contributed by atoms with E-state index in [0.717, 1.165) is 32.5 Å². The molecule has 0 radical (unpaired) electrons. The molecule has 14 heavy (non-hydrogen) atoms. The molecule has 2 bridgehead atoms. The summed E-state index contributed by atoms with van der Waals surface area (Å²) in [6.07, 6.45) is 2.13. The van der Waals surface area contributed by atoms with E-state index in [1.54, 1.807) is 0 Å². The lowest BCUT2D eigenvalue weighted by molar-refractivity contribution is -0.146. The maximum absolute atomic E-state index is 12.2. The van der Waals surface area contributed by atoms with E-state index in [9.17, 15) is 4.79 Å². The van der Waals surface area contributed by atoms with Crippen LogP contribution in [-0.4, -0.2) is 55.4 Å². The smallest absolute Gasteiger partial charge is 0.157 e. The summed E-state index contributed by atoms with van der Waals surface area (Å²) in [6.45, 7) is 5.25. The Labute approximate surface area is 86.1 Å². The molecule has 0 aromatic carbocycles. The molecule has 1 atom stereocenters. The van der Waals surface area contributed by atoms with E-state index in [4.69, 9.17) is 0 Å². The minimum Gasteiger partial charge on any atom is -0.307 e. The Bertz CT molecular complexity index is 242. The summed E-state index contributed by atoms with van der Waals surface area (Å²) in [5.74, 6) is 0.476. The van der Waals surface area contributed by atoms with Gasteiger partial charge < -0.3 is 4.90 Å². The van der Waals surface area contributed by atoms with Crippen LogP contribution in [0.3, 0.4) is 0 Å². The summed E-state index contributed by atoms with van der Waals surface area (Å²) in [7, 11) is 4.08. The third-order valence-electron chi connectivity index (χ3n) is 3.78. The largest absolute Gasteiger partial charge is 0.307 e. The Balaban J connectivity index is 2.14. The lowest BCUT2D eigenvalue weighted by Crippen LogP contribution is -2.62. The number of hydrogen-bond acceptors (Lipinski definition) is 3. The van der Waals surface area contributed by atoms with Crippen molar-refractivity contribution in [1.29, 1.82) is 0 Å². The monoisotopic (exact) mass is 196 g/mol. The summed E-state index contributed by atoms with van der Waals surface area (Å²) in [5, 5.41) is 0. The minimum atomic E-state index is -0.00454. The van der Waals surface area contributed by atoms with Gasteiger partial charge in [0, 0.05) is 12.0 Å². The molecule has 3 heterocycles. The number of piperidine rings is 3. The lowest BCUT2D eigenvalue weighted by Gasteiger charge is -2.50. The summed E-state index contributed by atoms with van der Waals surface area (Å²) >= 11 is 0. The zero-order chi connectivity index (χ0) is 10.3. The average Bonchev–Trinajstić information content (AvgIpc) is 2.12. The van der Waals surface area contributed by atoms with Crippen molar-refractivity contribution in [3.05, 3.63) is 0 Å². The molecule has 0 amide bonds. The minimum absolute atomic E-state index is 0.00454. The van der Waals surface area contributed by atoms with Gasteiger partial charge in [-0.25, -0.2) is 0 Å². The molecule has 3 fully saturated rings. The molecule has 3 saturated heterocycles. The Kier molecular flexibility index (Phi) is 2.40. The van der Waals surface area contributed by atoms with Crippen LogP contribution in [0.4, 0.5) is 0 Å². The number of rotatable bonds is 2. The molecule has 80 valence electrons. The molecule has 0 aromatic rings. The van der Waals surface area contributed by atoms with Gasteiger partial charge in [0.2, 0.25) is 0 Å². The van der Waals surface area contributed by atoms with Crippen molar-refractivity contribution in [1.82, 2.24) is 9.80 Å². The number of likely N-dealkylation sites (N-methyl/N-ethyl adjacent to an activating group) is 1. The molecule has 3 nitrogen and oxygen atoms in total. The molecule has 0 aromatic heterocycles. The van der Waals surface area contributed by atoms with Crippen molar-refractivity contribution in [2.24, 2.45) is 5.41 Å². The summed E-state index contributed by atoms with van der Waals surface area (Å²) in [6, 6.07) is 0.164. The zero-order valence-corrected chi connectivity index (χ0v) is 9.42. The molecule has 0 N–H and O–H groups in total. The molecule has 3 heteroatoms. The van der Waals surface area contributed by atoms with Gasteiger partial charge in [-0.05, 0) is 40.0 Å². The van der Waals surface area contributed by atoms with Crippen LogP contribution in [0, 0.1) is 5.41 Å². The van der Waals surface area contributed by atoms with Crippen molar-refractivity contribution in [3.8, 4) is 0 Å². The number of nitrogens with zero attached hydrogens (tertiary/aromatic N) is 2. The first-order chi connectivity index (χ1) is 6.53. The molecule has 0 saturated carbocycles. The van der Waals surface area contributed by atoms with Crippen LogP contribution >= 0.6 is 0 Å². The van der Waals surface area contributed by atoms with Crippen LogP contribution in [0.15, 0.2) is 0 Å². The van der Waals surface area contributed by atoms with Gasteiger partial charge in [-0.15, -0.1) is 0 Å². The molecule has 0 spiro atoms. The van der Waals surface area contributed by atoms with E-state index >= 15 is 0 Å². The topological polar surface area (TPSA) is 23.6 Å². The van der Waals surface area contributed by atoms with Crippen molar-refractivity contribution in [3.63, 3.8) is 0 Å². The fourth-order valence-electron chi connectivity index (χ4n) is 2.69. The van der Waals surface area contributed by atoms with Crippen molar-refractivity contribution in [2.75, 3.05) is 33.7 Å². The Morgan fingerprint density at radius 1 is 1.43 bits per heavy atom. The second-order valence-corrected chi connectivity index (χ2v) is 5.24. The first kappa shape index (κ1) is 10.1. The highest BCUT2D eigenvalue weighted by atomic mass is 16.1. The summed E-state index contributed by atoms with van der Waals surface area (Å²) < 4.78 is 0. The van der Waals surface area contributed by atoms with Crippen LogP contribution in [0.1, 0.15) is 19.8 Å². The van der Waals surface area contributed by atoms with Crippen LogP contribution in [0.2, 0.25) is 0 Å². The van der Waals surface area contributed by atoms with Crippen molar-refractivity contribution in [2.45, 2.75) is 25.8 Å². The van der Waals surface area contributed by atoms with E-state index in [2.05, 4.69) is 16.7 Å². The predicted molar refractivity (Wildman–Crippen MR) is 56.3 cm³/mol. The Hall–Kier alpha value is -0.410. The lowest BCUT2D eigenvalue weighted by atomic mass is 9.69. The maximum atomic E-state index is 12.2. The van der Waals surface area contributed by atoms with Gasteiger partial charge >= 0.3 is 0 Å². The highest BCUT2D eigenvalue weighted by Gasteiger charge is 2.48. The number of carbonyl (C=O) groups is 1. The van der Waals surface area contributed by atoms with Crippen LogP contribution in [-0.2, 0) is 4.79 Å². The zero-order valence-electron chi connectivity index (χ0n) is 9.42. The molecular weight excluding hydrogens is 176 g/mol. The first-order valence-corrected chi connectivity index (χ1v) is 5.46. The number of fused-ring (bicyclic) bond motifs is 3. The van der Waals surface area contributed by atoms with E-state index in [1.807, 2.05) is 14.1 Å². The van der Waals surface area contributed by atoms with Crippen LogP contribution in [0.25, 0.3) is 0 Å². The first-order valence-electron chi connectivity index (χ1n) is 5.46. The second-order valence-electron chi connectivity index (χ2n) is 5.24. The van der Waals surface area contributed by atoms with Gasteiger partial charge in [0.25, 0.3) is 0 Å². The Morgan fingerprint density at radius 2 is 2.00 bits per heavy atom. The number of hydrogen-bond donors (Lipinski definition) is 0. The van der Waals surface area contributed by atoms with Crippen molar-refractivity contribution < 1.29 is 4.79 Å². The predicted octanol–water partition coefficient (Wildman–Crippen LogP) is 0.601. The number of Topliss-reactive ketones (excluding diaryl/α,β-unsaturated/α-hetero) is 1. The van der Waals surface area contributed by atoms with Gasteiger partial charge in [0.15, 0.2) is 5.78 Å². The molecular formula is C11H20N2O. The third-order valence-corrected chi connectivity index (χ3v) is 3.78. The fraction of sp³-hybridized carbons (Fsp3) is 0.909. The fourth-order valence-corrected chi connectivity index (χ4v) is 2.69. The van der Waals surface area contributed by atoms with E-state index in [1.165, 1.54) is 0 Å². The molecule has 1 unspecified atom stereocenters. The number of carbonyl (C=O) groups excluding carboxylic acids is 1. The maximum Gasteiger partial charge on any atom is 0.157 e. The third kappa shape index (κ3) is 1.48. The van der Waals surface area contributed by atoms with E-state index in [0.29, 0.717) is 5.78 Å². The summed E-state index contributed by atoms with van der Waals surface area (Å²) in [5.41, 5.74) is -0.00454. The summed E-state index contributed by atoms with van der Waals surface area (Å²) in [4.78, 5) is 16.6. The number of ketones is 1. The molecule has 3 rings (SSSR count). The van der Waals surface area contributed by atoms with Gasteiger partial charge in [-0.3, -0.25) is 9.69 Å². The average molecular weight is 196 g/mol. The molecule has 3 aliphatic rings. The van der Waals surface area contributed by atoms with Gasteiger partial charge in [0.1, 0.15) is 0 Å². The molecule has 0 aliphatic carbocycles. The van der Waals surface area contributed by atoms with Gasteiger partial charge in [0.05, 0.1) is 6.04 Å².